The van der Waals surface area contributed by atoms with Gasteiger partial charge in [-0.15, -0.1) is 0 Å². The zero-order valence-electron chi connectivity index (χ0n) is 15.9. The van der Waals surface area contributed by atoms with Crippen molar-refractivity contribution in [3.8, 4) is 0 Å². The fraction of sp³-hybridized carbons (Fsp3) is 0.476. The topological polar surface area (TPSA) is 66.9 Å². The highest BCUT2D eigenvalue weighted by Gasteiger charge is 2.26. The summed E-state index contributed by atoms with van der Waals surface area (Å²) in [6.45, 7) is 3.00. The number of aromatic nitrogens is 2. The Bertz CT molecular complexity index is 702. The average Bonchev–Trinajstić information content (AvgIpc) is 2.72. The Labute approximate surface area is 165 Å². The molecule has 1 aromatic carbocycles. The minimum absolute atomic E-state index is 0.00756. The van der Waals surface area contributed by atoms with Gasteiger partial charge in [-0.25, -0.2) is 4.98 Å². The van der Waals surface area contributed by atoms with Crippen LogP contribution in [0.3, 0.4) is 0 Å². The second-order valence-electron chi connectivity index (χ2n) is 7.04. The fourth-order valence-corrected chi connectivity index (χ4v) is 4.23. The molecule has 1 saturated carbocycles. The highest BCUT2D eigenvalue weighted by Crippen LogP contribution is 2.34. The number of hydrogen-bond acceptors (Lipinski definition) is 5. The second kappa shape index (κ2) is 10.4. The summed E-state index contributed by atoms with van der Waals surface area (Å²) in [5.41, 5.74) is 1.07. The molecule has 1 heterocycles. The van der Waals surface area contributed by atoms with Gasteiger partial charge in [0.25, 0.3) is 0 Å². The summed E-state index contributed by atoms with van der Waals surface area (Å²) in [6, 6.07) is 8.35. The molecule has 0 radical (unpaired) electrons. The van der Waals surface area contributed by atoms with Crippen molar-refractivity contribution in [2.45, 2.75) is 56.3 Å². The van der Waals surface area contributed by atoms with E-state index in [0.29, 0.717) is 11.7 Å². The first-order valence-electron chi connectivity index (χ1n) is 9.82. The lowest BCUT2D eigenvalue weighted by molar-refractivity contribution is -0.118. The number of nitrogens with one attached hydrogen (secondary N) is 2. The van der Waals surface area contributed by atoms with Crippen LogP contribution in [0.4, 0.5) is 5.82 Å². The molecule has 1 unspecified atom stereocenters. The number of nitrogens with zero attached hydrogens (tertiary/aromatic N) is 2. The summed E-state index contributed by atoms with van der Waals surface area (Å²) >= 11 is 1.62. The lowest BCUT2D eigenvalue weighted by atomic mass is 9.80. The van der Waals surface area contributed by atoms with Gasteiger partial charge >= 0.3 is 0 Å². The van der Waals surface area contributed by atoms with Crippen molar-refractivity contribution in [1.82, 2.24) is 14.7 Å². The molecule has 2 N–H and O–H groups in total. The van der Waals surface area contributed by atoms with Crippen molar-refractivity contribution in [1.29, 1.82) is 0 Å². The van der Waals surface area contributed by atoms with E-state index in [1.165, 1.54) is 32.1 Å². The maximum absolute atomic E-state index is 13.0. The lowest BCUT2D eigenvalue weighted by Crippen LogP contribution is -2.24. The molecule has 144 valence electrons. The Kier molecular flexibility index (Phi) is 7.66. The Morgan fingerprint density at radius 1 is 1.19 bits per heavy atom. The molecule has 1 aliphatic rings. The van der Waals surface area contributed by atoms with Gasteiger partial charge in [0.05, 0.1) is 12.1 Å². The van der Waals surface area contributed by atoms with Crippen LogP contribution in [-0.4, -0.2) is 22.4 Å². The van der Waals surface area contributed by atoms with Crippen molar-refractivity contribution >= 4 is 23.7 Å². The van der Waals surface area contributed by atoms with Gasteiger partial charge in [0, 0.05) is 23.8 Å². The third-order valence-corrected chi connectivity index (χ3v) is 5.98. The number of benzene rings is 1. The first kappa shape index (κ1) is 19.8. The van der Waals surface area contributed by atoms with Crippen LogP contribution in [0.25, 0.3) is 0 Å². The van der Waals surface area contributed by atoms with E-state index in [-0.39, 0.29) is 11.8 Å². The molecular formula is C21H28N4OS. The molecule has 1 atom stereocenters. The molecule has 1 fully saturated rings. The van der Waals surface area contributed by atoms with Gasteiger partial charge in [-0.05, 0) is 42.0 Å². The fourth-order valence-electron chi connectivity index (χ4n) is 3.65. The lowest BCUT2D eigenvalue weighted by Gasteiger charge is -2.26. The SMILES string of the molecule is CCNSc1ccc(C(CC2CCCCC2)C(=O)Nc2cnccn2)cc1. The molecule has 1 aromatic heterocycles. The highest BCUT2D eigenvalue weighted by atomic mass is 32.2. The van der Waals surface area contributed by atoms with Gasteiger partial charge in [0.2, 0.25) is 5.91 Å². The molecule has 0 aliphatic heterocycles. The standard InChI is InChI=1S/C21H28N4OS/c1-2-24-27-18-10-8-17(9-11-18)19(14-16-6-4-3-5-7-16)21(26)25-20-15-22-12-13-23-20/h8-13,15-16,19,24H,2-7,14H2,1H3,(H,23,25,26). The molecule has 6 heteroatoms. The first-order chi connectivity index (χ1) is 13.3. The summed E-state index contributed by atoms with van der Waals surface area (Å²) < 4.78 is 3.26. The number of amides is 1. The average molecular weight is 385 g/mol. The minimum Gasteiger partial charge on any atom is -0.309 e. The molecule has 1 aliphatic carbocycles. The van der Waals surface area contributed by atoms with E-state index < -0.39 is 0 Å². The van der Waals surface area contributed by atoms with Gasteiger partial charge < -0.3 is 5.32 Å². The van der Waals surface area contributed by atoms with Crippen molar-refractivity contribution in [3.05, 3.63) is 48.4 Å². The van der Waals surface area contributed by atoms with Gasteiger partial charge in [0.1, 0.15) is 0 Å². The number of carbonyl (C=O) groups excluding carboxylic acids is 1. The number of rotatable bonds is 8. The molecule has 3 rings (SSSR count). The molecular weight excluding hydrogens is 356 g/mol. The van der Waals surface area contributed by atoms with Crippen LogP contribution in [-0.2, 0) is 4.79 Å². The maximum Gasteiger partial charge on any atom is 0.233 e. The molecule has 0 saturated heterocycles. The van der Waals surface area contributed by atoms with Crippen LogP contribution in [0, 0.1) is 5.92 Å². The first-order valence-corrected chi connectivity index (χ1v) is 10.6. The molecule has 27 heavy (non-hydrogen) atoms. The summed E-state index contributed by atoms with van der Waals surface area (Å²) in [5, 5.41) is 2.95. The number of carbonyl (C=O) groups is 1. The summed E-state index contributed by atoms with van der Waals surface area (Å²) in [4.78, 5) is 22.4. The summed E-state index contributed by atoms with van der Waals surface area (Å²) in [6.07, 6.45) is 12.0. The predicted octanol–water partition coefficient (Wildman–Crippen LogP) is 4.79. The van der Waals surface area contributed by atoms with Gasteiger partial charge in [-0.2, -0.15) is 0 Å². The van der Waals surface area contributed by atoms with E-state index in [1.807, 2.05) is 0 Å². The molecule has 5 nitrogen and oxygen atoms in total. The van der Waals surface area contributed by atoms with E-state index in [9.17, 15) is 4.79 Å². The van der Waals surface area contributed by atoms with Crippen LogP contribution >= 0.6 is 11.9 Å². The van der Waals surface area contributed by atoms with E-state index in [2.05, 4.69) is 51.2 Å². The Hall–Kier alpha value is -1.92. The number of anilines is 1. The number of hydrogen-bond donors (Lipinski definition) is 2. The Balaban J connectivity index is 1.74. The van der Waals surface area contributed by atoms with Crippen LogP contribution < -0.4 is 10.0 Å². The molecule has 2 aromatic rings. The molecule has 1 amide bonds. The maximum atomic E-state index is 13.0. The van der Waals surface area contributed by atoms with Crippen molar-refractivity contribution < 1.29 is 4.79 Å². The molecule has 0 bridgehead atoms. The van der Waals surface area contributed by atoms with Crippen LogP contribution in [0.2, 0.25) is 0 Å². The third-order valence-electron chi connectivity index (χ3n) is 5.04. The highest BCUT2D eigenvalue weighted by molar-refractivity contribution is 7.97. The smallest absolute Gasteiger partial charge is 0.233 e. The zero-order chi connectivity index (χ0) is 18.9. The predicted molar refractivity (Wildman–Crippen MR) is 111 cm³/mol. The summed E-state index contributed by atoms with van der Waals surface area (Å²) in [5.74, 6) is 0.976. The van der Waals surface area contributed by atoms with E-state index in [4.69, 9.17) is 0 Å². The minimum atomic E-state index is -0.159. The largest absolute Gasteiger partial charge is 0.309 e. The monoisotopic (exact) mass is 384 g/mol. The van der Waals surface area contributed by atoms with E-state index >= 15 is 0 Å². The quantitative estimate of drug-likeness (QED) is 0.641. The van der Waals surface area contributed by atoms with E-state index in [1.54, 1.807) is 30.5 Å². The Morgan fingerprint density at radius 3 is 2.63 bits per heavy atom. The third kappa shape index (κ3) is 6.04. The summed E-state index contributed by atoms with van der Waals surface area (Å²) in [7, 11) is 0. The second-order valence-corrected chi connectivity index (χ2v) is 8.01. The van der Waals surface area contributed by atoms with Crippen molar-refractivity contribution in [2.75, 3.05) is 11.9 Å². The van der Waals surface area contributed by atoms with Crippen LogP contribution in [0.5, 0.6) is 0 Å². The normalized spacial score (nSPS) is 16.0. The van der Waals surface area contributed by atoms with Gasteiger partial charge in [-0.3, -0.25) is 14.5 Å². The van der Waals surface area contributed by atoms with Gasteiger partial charge in [-0.1, -0.05) is 51.2 Å². The van der Waals surface area contributed by atoms with Crippen molar-refractivity contribution in [2.24, 2.45) is 5.92 Å². The van der Waals surface area contributed by atoms with Crippen molar-refractivity contribution in [3.63, 3.8) is 0 Å². The zero-order valence-corrected chi connectivity index (χ0v) is 16.7. The van der Waals surface area contributed by atoms with Gasteiger partial charge in [0.15, 0.2) is 5.82 Å². The Morgan fingerprint density at radius 2 is 1.96 bits per heavy atom. The molecule has 0 spiro atoms. The van der Waals surface area contributed by atoms with Crippen LogP contribution in [0.1, 0.15) is 56.9 Å². The van der Waals surface area contributed by atoms with E-state index in [0.717, 1.165) is 23.4 Å². The van der Waals surface area contributed by atoms with Crippen LogP contribution in [0.15, 0.2) is 47.8 Å².